The Morgan fingerprint density at radius 2 is 2.50 bits per heavy atom. The summed E-state index contributed by atoms with van der Waals surface area (Å²) in [6.45, 7) is 0. The van der Waals surface area contributed by atoms with Crippen molar-refractivity contribution < 1.29 is 4.73 Å². The Labute approximate surface area is 51.1 Å². The molecule has 0 amide bonds. The van der Waals surface area contributed by atoms with E-state index in [1.54, 1.807) is 0 Å². The number of hydrogen-bond donors (Lipinski definition) is 0. The average molecular weight is 131 g/mol. The van der Waals surface area contributed by atoms with Crippen molar-refractivity contribution in [2.24, 2.45) is 0 Å². The summed E-state index contributed by atoms with van der Waals surface area (Å²) in [5, 5.41) is 10.5. The van der Waals surface area contributed by atoms with Crippen LogP contribution in [-0.4, -0.2) is 4.98 Å². The van der Waals surface area contributed by atoms with E-state index in [1.165, 1.54) is 12.3 Å². The van der Waals surface area contributed by atoms with Gasteiger partial charge < -0.3 is 5.21 Å². The molecule has 42 valence electrons. The summed E-state index contributed by atoms with van der Waals surface area (Å²) in [4.78, 5) is 3.49. The molecule has 0 bridgehead atoms. The molecule has 0 aliphatic carbocycles. The maximum atomic E-state index is 10.2. The molecule has 0 N–H and O–H groups in total. The number of hydrogen-bond acceptors (Lipinski definition) is 2. The number of aromatic nitrogens is 2. The van der Waals surface area contributed by atoms with Crippen LogP contribution in [0.1, 0.15) is 0 Å². The first-order valence-corrected chi connectivity index (χ1v) is 2.37. The zero-order valence-corrected chi connectivity index (χ0v) is 4.67. The molecule has 1 heterocycles. The first kappa shape index (κ1) is 5.31. The van der Waals surface area contributed by atoms with Gasteiger partial charge in [-0.2, -0.15) is 0 Å². The Morgan fingerprint density at radius 3 is 2.88 bits per heavy atom. The van der Waals surface area contributed by atoms with Gasteiger partial charge in [-0.1, -0.05) is 0 Å². The van der Waals surface area contributed by atoms with Crippen molar-refractivity contribution in [2.75, 3.05) is 0 Å². The summed E-state index contributed by atoms with van der Waals surface area (Å²) in [5.74, 6) is 0. The first-order chi connectivity index (χ1) is 3.79. The van der Waals surface area contributed by atoms with Gasteiger partial charge >= 0.3 is 0 Å². The van der Waals surface area contributed by atoms with Crippen LogP contribution in [-0.2, 0) is 0 Å². The smallest absolute Gasteiger partial charge is 0.290 e. The van der Waals surface area contributed by atoms with E-state index < -0.39 is 0 Å². The zero-order chi connectivity index (χ0) is 5.98. The lowest BCUT2D eigenvalue weighted by atomic mass is 10.7. The van der Waals surface area contributed by atoms with E-state index in [4.69, 9.17) is 11.6 Å². The second-order valence-electron chi connectivity index (χ2n) is 1.24. The highest BCUT2D eigenvalue weighted by Crippen LogP contribution is 1.95. The van der Waals surface area contributed by atoms with Crippen molar-refractivity contribution in [3.8, 4) is 0 Å². The van der Waals surface area contributed by atoms with Crippen LogP contribution >= 0.6 is 11.6 Å². The van der Waals surface area contributed by atoms with E-state index in [-0.39, 0.29) is 0 Å². The quantitative estimate of drug-likeness (QED) is 0.289. The lowest BCUT2D eigenvalue weighted by Gasteiger charge is -1.93. The van der Waals surface area contributed by atoms with Crippen molar-refractivity contribution in [1.82, 2.24) is 4.98 Å². The van der Waals surface area contributed by atoms with E-state index in [1.807, 2.05) is 0 Å². The zero-order valence-electron chi connectivity index (χ0n) is 3.91. The summed E-state index contributed by atoms with van der Waals surface area (Å²) in [7, 11) is 0. The Bertz CT molecular complexity index is 153. The number of rotatable bonds is 0. The molecule has 0 aliphatic heterocycles. The minimum Gasteiger partial charge on any atom is -0.711 e. The van der Waals surface area contributed by atoms with Gasteiger partial charge in [0, 0.05) is 6.07 Å². The molecule has 0 spiro atoms. The van der Waals surface area contributed by atoms with Crippen LogP contribution in [0, 0.1) is 5.21 Å². The van der Waals surface area contributed by atoms with Crippen LogP contribution in [0.5, 0.6) is 0 Å². The van der Waals surface area contributed by atoms with Gasteiger partial charge in [0.25, 0.3) is 6.33 Å². The molecule has 0 fully saturated rings. The maximum Gasteiger partial charge on any atom is 0.290 e. The van der Waals surface area contributed by atoms with E-state index in [0.29, 0.717) is 9.88 Å². The summed E-state index contributed by atoms with van der Waals surface area (Å²) in [6, 6.07) is 1.43. The summed E-state index contributed by atoms with van der Waals surface area (Å²) in [5.41, 5.74) is 0. The minimum absolute atomic E-state index is 0.331. The monoisotopic (exact) mass is 130 g/mol. The van der Waals surface area contributed by atoms with Crippen LogP contribution in [0.2, 0.25) is 5.15 Å². The van der Waals surface area contributed by atoms with E-state index in [9.17, 15) is 5.21 Å². The van der Waals surface area contributed by atoms with Gasteiger partial charge in [0.05, 0.1) is 6.20 Å². The van der Waals surface area contributed by atoms with Gasteiger partial charge in [0.1, 0.15) is 0 Å². The van der Waals surface area contributed by atoms with Gasteiger partial charge in [-0.3, -0.25) is 0 Å². The molecule has 0 aliphatic rings. The molecule has 1 rings (SSSR count). The fraction of sp³-hybridized carbons (Fsp3) is 0. The normalized spacial score (nSPS) is 9.12. The molecule has 1 aromatic rings. The van der Waals surface area contributed by atoms with Crippen LogP contribution in [0.25, 0.3) is 0 Å². The molecule has 0 saturated carbocycles. The first-order valence-electron chi connectivity index (χ1n) is 1.99. The molecule has 0 aromatic carbocycles. The third kappa shape index (κ3) is 1.07. The van der Waals surface area contributed by atoms with Gasteiger partial charge in [0.2, 0.25) is 5.15 Å². The Hall–Kier alpha value is -0.830. The Kier molecular flexibility index (Phi) is 1.30. The van der Waals surface area contributed by atoms with E-state index in [2.05, 4.69) is 4.98 Å². The molecule has 0 radical (unpaired) electrons. The second kappa shape index (κ2) is 1.96. The summed E-state index contributed by atoms with van der Waals surface area (Å²) in [6.07, 6.45) is 2.39. The van der Waals surface area contributed by atoms with Crippen LogP contribution in [0.15, 0.2) is 18.6 Å². The van der Waals surface area contributed by atoms with Crippen molar-refractivity contribution in [3.05, 3.63) is 29.0 Å². The van der Waals surface area contributed by atoms with Gasteiger partial charge in [-0.15, -0.1) is 0 Å². The lowest BCUT2D eigenvalue weighted by Crippen LogP contribution is -2.24. The fourth-order valence-electron chi connectivity index (χ4n) is 0.329. The lowest BCUT2D eigenvalue weighted by molar-refractivity contribution is -0.608. The number of halogens is 1. The van der Waals surface area contributed by atoms with Gasteiger partial charge in [0.15, 0.2) is 0 Å². The molecule has 0 unspecified atom stereocenters. The molecule has 0 atom stereocenters. The van der Waals surface area contributed by atoms with Crippen molar-refractivity contribution in [2.45, 2.75) is 0 Å². The van der Waals surface area contributed by atoms with Crippen molar-refractivity contribution in [3.63, 3.8) is 0 Å². The SMILES string of the molecule is [O-][n+]1ccc(Cl)nc1. The van der Waals surface area contributed by atoms with E-state index >= 15 is 0 Å². The molecular formula is C4H3ClN2O. The standard InChI is InChI=1S/C4H3ClN2O/c5-4-1-2-7(8)3-6-4/h1-3H. The molecule has 4 heteroatoms. The minimum atomic E-state index is 0.331. The third-order valence-electron chi connectivity index (χ3n) is 0.654. The second-order valence-corrected chi connectivity index (χ2v) is 1.63. The largest absolute Gasteiger partial charge is 0.711 e. The Balaban J connectivity index is 3.03. The van der Waals surface area contributed by atoms with Crippen LogP contribution in [0.3, 0.4) is 0 Å². The predicted octanol–water partition coefficient (Wildman–Crippen LogP) is 0.368. The highest BCUT2D eigenvalue weighted by molar-refractivity contribution is 6.29. The fourth-order valence-corrected chi connectivity index (χ4v) is 0.429. The van der Waals surface area contributed by atoms with E-state index in [0.717, 1.165) is 6.33 Å². The highest BCUT2D eigenvalue weighted by Gasteiger charge is 1.90. The van der Waals surface area contributed by atoms with Crippen LogP contribution < -0.4 is 4.73 Å². The molecule has 8 heavy (non-hydrogen) atoms. The van der Waals surface area contributed by atoms with Crippen molar-refractivity contribution in [1.29, 1.82) is 0 Å². The summed E-state index contributed by atoms with van der Waals surface area (Å²) >= 11 is 5.35. The topological polar surface area (TPSA) is 39.8 Å². The number of nitrogens with zero attached hydrogens (tertiary/aromatic N) is 2. The molecule has 0 saturated heterocycles. The van der Waals surface area contributed by atoms with Crippen molar-refractivity contribution >= 4 is 11.6 Å². The molecule has 3 nitrogen and oxygen atoms in total. The molecule has 1 aromatic heterocycles. The third-order valence-corrected chi connectivity index (χ3v) is 0.877. The Morgan fingerprint density at radius 1 is 1.75 bits per heavy atom. The highest BCUT2D eigenvalue weighted by atomic mass is 35.5. The predicted molar refractivity (Wildman–Crippen MR) is 28.2 cm³/mol. The van der Waals surface area contributed by atoms with Crippen LogP contribution in [0.4, 0.5) is 0 Å². The van der Waals surface area contributed by atoms with Gasteiger partial charge in [-0.25, -0.2) is 4.73 Å². The average Bonchev–Trinajstić information content (AvgIpc) is 1.77. The summed E-state index contributed by atoms with van der Waals surface area (Å²) < 4.78 is 0.575. The molecular weight excluding hydrogens is 128 g/mol. The van der Waals surface area contributed by atoms with Gasteiger partial charge in [-0.05, 0) is 16.6 Å². The maximum absolute atomic E-state index is 10.2.